The predicted molar refractivity (Wildman–Crippen MR) is 139 cm³/mol. The van der Waals surface area contributed by atoms with E-state index in [1.807, 2.05) is 13.0 Å². The van der Waals surface area contributed by atoms with Crippen molar-refractivity contribution in [2.45, 2.75) is 38.0 Å². The summed E-state index contributed by atoms with van der Waals surface area (Å²) in [5.41, 5.74) is 0.540. The van der Waals surface area contributed by atoms with Crippen LogP contribution in [-0.4, -0.2) is 34.0 Å². The first-order valence-electron chi connectivity index (χ1n) is 11.9. The predicted octanol–water partition coefficient (Wildman–Crippen LogP) is 3.88. The van der Waals surface area contributed by atoms with Gasteiger partial charge in [-0.2, -0.15) is 0 Å². The van der Waals surface area contributed by atoms with E-state index in [1.165, 1.54) is 16.8 Å². The lowest BCUT2D eigenvalue weighted by molar-refractivity contribution is -0.385. The fourth-order valence-corrected chi connectivity index (χ4v) is 5.80. The number of carbonyl (C=O) groups excluding carboxylic acids is 1. The van der Waals surface area contributed by atoms with Gasteiger partial charge >= 0.3 is 0 Å². The van der Waals surface area contributed by atoms with Gasteiger partial charge in [-0.1, -0.05) is 13.0 Å². The molecule has 0 spiro atoms. The quantitative estimate of drug-likeness (QED) is 0.257. The van der Waals surface area contributed by atoms with Gasteiger partial charge in [-0.3, -0.25) is 19.7 Å². The fraction of sp³-hybridized carbons (Fsp3) is 0.231. The lowest BCUT2D eigenvalue weighted by Gasteiger charge is -2.13. The van der Waals surface area contributed by atoms with E-state index in [-0.39, 0.29) is 34.6 Å². The summed E-state index contributed by atoms with van der Waals surface area (Å²) < 4.78 is 43.8. The maximum absolute atomic E-state index is 14.9. The van der Waals surface area contributed by atoms with Gasteiger partial charge in [0.2, 0.25) is 10.0 Å². The van der Waals surface area contributed by atoms with Gasteiger partial charge in [0.05, 0.1) is 16.7 Å². The third kappa shape index (κ3) is 4.58. The Morgan fingerprint density at radius 2 is 1.97 bits per heavy atom. The molecule has 1 saturated carbocycles. The monoisotopic (exact) mass is 538 g/mol. The van der Waals surface area contributed by atoms with Crippen LogP contribution < -0.4 is 10.3 Å². The summed E-state index contributed by atoms with van der Waals surface area (Å²) in [4.78, 5) is 39.8. The molecule has 1 amide bonds. The first-order chi connectivity index (χ1) is 18.1. The number of H-pyrrole nitrogens is 1. The second-order valence-electron chi connectivity index (χ2n) is 9.14. The molecule has 0 atom stereocenters. The van der Waals surface area contributed by atoms with Crippen LogP contribution in [0, 0.1) is 15.9 Å². The molecule has 0 saturated heterocycles. The number of aromatic amines is 1. The van der Waals surface area contributed by atoms with E-state index in [0.29, 0.717) is 30.2 Å². The molecule has 5 rings (SSSR count). The smallest absolute Gasteiger partial charge is 0.282 e. The molecule has 1 aliphatic carbocycles. The third-order valence-corrected chi connectivity index (χ3v) is 8.42. The van der Waals surface area contributed by atoms with Crippen LogP contribution in [0.1, 0.15) is 41.4 Å². The zero-order chi connectivity index (χ0) is 27.2. The number of aryl methyl sites for hydroxylation is 1. The van der Waals surface area contributed by atoms with Gasteiger partial charge < -0.3 is 9.55 Å². The second-order valence-corrected chi connectivity index (χ2v) is 11.1. The van der Waals surface area contributed by atoms with E-state index < -0.39 is 37.5 Å². The van der Waals surface area contributed by atoms with Crippen LogP contribution in [0.4, 0.5) is 10.1 Å². The lowest BCUT2D eigenvalue weighted by Crippen LogP contribution is -2.35. The highest BCUT2D eigenvalue weighted by molar-refractivity contribution is 7.91. The Morgan fingerprint density at radius 1 is 1.21 bits per heavy atom. The number of halogens is 1. The van der Waals surface area contributed by atoms with Crippen LogP contribution in [0.3, 0.4) is 0 Å². The number of carbonyl (C=O) groups is 1. The molecule has 4 aromatic rings. The molecule has 2 aromatic heterocycles. The zero-order valence-corrected chi connectivity index (χ0v) is 21.0. The number of sulfonamides is 1. The zero-order valence-electron chi connectivity index (χ0n) is 20.2. The summed E-state index contributed by atoms with van der Waals surface area (Å²) in [7, 11) is -3.97. The van der Waals surface area contributed by atoms with Gasteiger partial charge in [0.25, 0.3) is 17.2 Å². The second kappa shape index (κ2) is 9.53. The average molecular weight is 539 g/mol. The van der Waals surface area contributed by atoms with Gasteiger partial charge in [-0.05, 0) is 55.2 Å². The van der Waals surface area contributed by atoms with E-state index in [4.69, 9.17) is 0 Å². The van der Waals surface area contributed by atoms with Crippen LogP contribution in [0.25, 0.3) is 22.0 Å². The van der Waals surface area contributed by atoms with Crippen molar-refractivity contribution < 1.29 is 22.5 Å². The molecule has 0 aliphatic heterocycles. The first kappa shape index (κ1) is 25.3. The first-order valence-corrected chi connectivity index (χ1v) is 13.5. The van der Waals surface area contributed by atoms with Crippen LogP contribution in [0.2, 0.25) is 0 Å². The summed E-state index contributed by atoms with van der Waals surface area (Å²) in [5, 5.41) is 11.1. The number of hydrogen-bond donors (Lipinski definition) is 2. The lowest BCUT2D eigenvalue weighted by atomic mass is 10.0. The highest BCUT2D eigenvalue weighted by atomic mass is 32.2. The Morgan fingerprint density at radius 3 is 2.63 bits per heavy atom. The summed E-state index contributed by atoms with van der Waals surface area (Å²) in [6, 6.07) is 11.5. The Bertz CT molecular complexity index is 1770. The van der Waals surface area contributed by atoms with Crippen LogP contribution in [0.15, 0.2) is 59.5 Å². The summed E-state index contributed by atoms with van der Waals surface area (Å²) >= 11 is 0. The highest BCUT2D eigenvalue weighted by Crippen LogP contribution is 2.36. The number of rotatable bonds is 8. The van der Waals surface area contributed by atoms with Gasteiger partial charge in [-0.15, -0.1) is 0 Å². The molecule has 1 fully saturated rings. The number of non-ortho nitro benzene ring substituents is 1. The maximum Gasteiger partial charge on any atom is 0.282 e. The van der Waals surface area contributed by atoms with E-state index in [0.717, 1.165) is 23.8 Å². The standard InChI is InChI=1S/C26H23FN4O6S/c1-2-15-5-10-22-20(12-15)23(19-4-3-11-28-25(19)32)24(26(33)29-38(36,37)18-7-8-18)30(22)14-16-13-17(31(34)35)6-9-21(16)27/h3-6,9-13,18H,2,7-8,14H2,1H3,(H,28,32)(H,29,33). The van der Waals surface area contributed by atoms with Crippen molar-refractivity contribution in [1.29, 1.82) is 0 Å². The largest absolute Gasteiger partial charge is 0.331 e. The maximum atomic E-state index is 14.9. The molecule has 10 nitrogen and oxygen atoms in total. The molecule has 196 valence electrons. The van der Waals surface area contributed by atoms with Crippen molar-refractivity contribution in [3.63, 3.8) is 0 Å². The fourth-order valence-electron chi connectivity index (χ4n) is 4.52. The number of benzene rings is 2. The molecular weight excluding hydrogens is 515 g/mol. The Kier molecular flexibility index (Phi) is 6.35. The molecule has 2 N–H and O–H groups in total. The Hall–Kier alpha value is -4.32. The number of pyridine rings is 1. The number of nitrogens with one attached hydrogen (secondary N) is 2. The SMILES string of the molecule is CCc1ccc2c(c1)c(-c1ccc[nH]c1=O)c(C(=O)NS(=O)(=O)C1CC1)n2Cc1cc([N+](=O)[O-])ccc1F. The van der Waals surface area contributed by atoms with E-state index in [9.17, 15) is 32.5 Å². The van der Waals surface area contributed by atoms with Crippen LogP contribution in [-0.2, 0) is 23.0 Å². The van der Waals surface area contributed by atoms with E-state index >= 15 is 0 Å². The van der Waals surface area contributed by atoms with Crippen molar-refractivity contribution >= 4 is 32.5 Å². The van der Waals surface area contributed by atoms with Crippen molar-refractivity contribution in [2.24, 2.45) is 0 Å². The average Bonchev–Trinajstić information content (AvgIpc) is 3.70. The number of fused-ring (bicyclic) bond motifs is 1. The highest BCUT2D eigenvalue weighted by Gasteiger charge is 2.38. The molecule has 2 heterocycles. The van der Waals surface area contributed by atoms with Gasteiger partial charge in [0.1, 0.15) is 11.5 Å². The third-order valence-electron chi connectivity index (χ3n) is 6.61. The number of nitrogens with zero attached hydrogens (tertiary/aromatic N) is 2. The summed E-state index contributed by atoms with van der Waals surface area (Å²) in [5.74, 6) is -1.71. The van der Waals surface area contributed by atoms with E-state index in [1.54, 1.807) is 18.2 Å². The molecule has 38 heavy (non-hydrogen) atoms. The summed E-state index contributed by atoms with van der Waals surface area (Å²) in [6.45, 7) is 1.61. The van der Waals surface area contributed by atoms with Gasteiger partial charge in [0.15, 0.2) is 0 Å². The summed E-state index contributed by atoms with van der Waals surface area (Å²) in [6.07, 6.45) is 2.92. The van der Waals surface area contributed by atoms with Crippen molar-refractivity contribution in [2.75, 3.05) is 0 Å². The number of nitro groups is 1. The molecule has 0 radical (unpaired) electrons. The normalized spacial score (nSPS) is 13.5. The Balaban J connectivity index is 1.81. The number of amides is 1. The van der Waals surface area contributed by atoms with E-state index in [2.05, 4.69) is 9.71 Å². The molecule has 0 unspecified atom stereocenters. The minimum absolute atomic E-state index is 0.0803. The topological polar surface area (TPSA) is 144 Å². The van der Waals surface area contributed by atoms with Crippen LogP contribution in [0.5, 0.6) is 0 Å². The molecule has 1 aliphatic rings. The van der Waals surface area contributed by atoms with Gasteiger partial charge in [0, 0.05) is 45.9 Å². The number of hydrogen-bond acceptors (Lipinski definition) is 6. The van der Waals surface area contributed by atoms with Crippen molar-refractivity contribution in [1.82, 2.24) is 14.3 Å². The number of aromatic nitrogens is 2. The molecule has 0 bridgehead atoms. The van der Waals surface area contributed by atoms with Crippen molar-refractivity contribution in [3.05, 3.63) is 97.8 Å². The van der Waals surface area contributed by atoms with Gasteiger partial charge in [-0.25, -0.2) is 17.5 Å². The molecular formula is C26H23FN4O6S. The Labute approximate surface area is 216 Å². The minimum Gasteiger partial charge on any atom is -0.331 e. The molecule has 12 heteroatoms. The van der Waals surface area contributed by atoms with Crippen molar-refractivity contribution in [3.8, 4) is 11.1 Å². The minimum atomic E-state index is -3.97. The van der Waals surface area contributed by atoms with Crippen LogP contribution >= 0.6 is 0 Å². The number of nitro benzene ring substituents is 1. The molecule has 2 aromatic carbocycles.